The van der Waals surface area contributed by atoms with Gasteiger partial charge in [-0.2, -0.15) is 0 Å². The van der Waals surface area contributed by atoms with Crippen molar-refractivity contribution in [3.63, 3.8) is 0 Å². The van der Waals surface area contributed by atoms with E-state index in [1.54, 1.807) is 0 Å². The molecule has 25 heavy (non-hydrogen) atoms. The van der Waals surface area contributed by atoms with Gasteiger partial charge in [-0.05, 0) is 43.5 Å². The average Bonchev–Trinajstić information content (AvgIpc) is 3.10. The van der Waals surface area contributed by atoms with E-state index in [4.69, 9.17) is 9.47 Å². The summed E-state index contributed by atoms with van der Waals surface area (Å²) in [6, 6.07) is 12.7. The second-order valence-electron chi connectivity index (χ2n) is 6.84. The van der Waals surface area contributed by atoms with Crippen LogP contribution in [0.1, 0.15) is 23.2 Å². The molecule has 1 aliphatic heterocycles. The number of hydrogen-bond acceptors (Lipinski definition) is 3. The highest BCUT2D eigenvalue weighted by Gasteiger charge is 2.25. The fourth-order valence-corrected chi connectivity index (χ4v) is 3.86. The maximum Gasteiger partial charge on any atom is 0.213 e. The number of hydrogen-bond donors (Lipinski definition) is 1. The maximum absolute atomic E-state index is 5.73. The van der Waals surface area contributed by atoms with E-state index in [1.165, 1.54) is 39.8 Å². The van der Waals surface area contributed by atoms with Crippen molar-refractivity contribution in [2.75, 3.05) is 18.5 Å². The van der Waals surface area contributed by atoms with Gasteiger partial charge in [0.2, 0.25) is 5.52 Å². The molecule has 0 saturated carbocycles. The van der Waals surface area contributed by atoms with Gasteiger partial charge in [-0.1, -0.05) is 6.07 Å². The second kappa shape index (κ2) is 5.66. The number of H-pyrrole nitrogens is 1. The van der Waals surface area contributed by atoms with Gasteiger partial charge in [0.05, 0.1) is 11.1 Å². The number of aromatic amines is 1. The van der Waals surface area contributed by atoms with E-state index >= 15 is 0 Å². The quantitative estimate of drug-likeness (QED) is 0.772. The van der Waals surface area contributed by atoms with Crippen LogP contribution in [0.5, 0.6) is 11.5 Å². The number of anilines is 2. The number of benzene rings is 2. The van der Waals surface area contributed by atoms with Crippen molar-refractivity contribution in [3.05, 3.63) is 53.2 Å². The molecule has 0 bridgehead atoms. The van der Waals surface area contributed by atoms with Crippen LogP contribution in [0.4, 0.5) is 11.4 Å². The molecule has 0 atom stereocenters. The standard InChI is InChI=1S/C21H20N2O2/c1-13-5-7-18-16(11-13)21(15-3-2-4-17(15)23-18)22-14-6-8-19-20(12-14)25-10-9-24-19/h5-8,11-12H,2-4,9-10H2,1H3,(H,22,23)/p+1. The molecule has 0 radical (unpaired) electrons. The first-order chi connectivity index (χ1) is 12.3. The average molecular weight is 333 g/mol. The molecular weight excluding hydrogens is 312 g/mol. The molecule has 2 N–H and O–H groups in total. The summed E-state index contributed by atoms with van der Waals surface area (Å²) in [4.78, 5) is 3.63. The smallest absolute Gasteiger partial charge is 0.213 e. The molecule has 0 saturated heterocycles. The number of aromatic nitrogens is 1. The minimum Gasteiger partial charge on any atom is -0.486 e. The molecule has 3 aromatic rings. The predicted octanol–water partition coefficient (Wildman–Crippen LogP) is 3.97. The number of pyridine rings is 1. The molecule has 126 valence electrons. The Labute approximate surface area is 146 Å². The van der Waals surface area contributed by atoms with Crippen LogP contribution in [-0.2, 0) is 12.8 Å². The Balaban J connectivity index is 1.64. The minimum absolute atomic E-state index is 0.605. The van der Waals surface area contributed by atoms with Crippen LogP contribution < -0.4 is 19.8 Å². The number of aryl methyl sites for hydroxylation is 2. The normalized spacial score (nSPS) is 15.2. The summed E-state index contributed by atoms with van der Waals surface area (Å²) in [6.45, 7) is 3.36. The van der Waals surface area contributed by atoms with E-state index in [-0.39, 0.29) is 0 Å². The molecule has 2 aliphatic rings. The fraction of sp³-hybridized carbons (Fsp3) is 0.286. The topological polar surface area (TPSA) is 44.6 Å². The highest BCUT2D eigenvalue weighted by molar-refractivity contribution is 5.94. The zero-order valence-corrected chi connectivity index (χ0v) is 14.3. The van der Waals surface area contributed by atoms with Gasteiger partial charge in [-0.3, -0.25) is 0 Å². The van der Waals surface area contributed by atoms with Crippen molar-refractivity contribution < 1.29 is 14.5 Å². The van der Waals surface area contributed by atoms with Gasteiger partial charge >= 0.3 is 0 Å². The van der Waals surface area contributed by atoms with E-state index in [0.29, 0.717) is 13.2 Å². The third-order valence-corrected chi connectivity index (χ3v) is 5.06. The summed E-state index contributed by atoms with van der Waals surface area (Å²) in [7, 11) is 0. The summed E-state index contributed by atoms with van der Waals surface area (Å²) < 4.78 is 11.4. The van der Waals surface area contributed by atoms with Gasteiger partial charge in [0, 0.05) is 29.8 Å². The number of ether oxygens (including phenoxy) is 2. The molecular formula is C21H21N2O2+. The lowest BCUT2D eigenvalue weighted by Crippen LogP contribution is -2.16. The Morgan fingerprint density at radius 2 is 1.84 bits per heavy atom. The number of rotatable bonds is 2. The van der Waals surface area contributed by atoms with Crippen molar-refractivity contribution in [3.8, 4) is 11.5 Å². The summed E-state index contributed by atoms with van der Waals surface area (Å²) in [5, 5.41) is 4.91. The maximum atomic E-state index is 5.73. The van der Waals surface area contributed by atoms with Gasteiger partial charge in [0.1, 0.15) is 13.2 Å². The van der Waals surface area contributed by atoms with Crippen molar-refractivity contribution in [1.29, 1.82) is 0 Å². The zero-order chi connectivity index (χ0) is 16.8. The van der Waals surface area contributed by atoms with Crippen molar-refractivity contribution >= 4 is 22.3 Å². The lowest BCUT2D eigenvalue weighted by molar-refractivity contribution is -0.356. The van der Waals surface area contributed by atoms with Crippen LogP contribution in [-0.4, -0.2) is 13.2 Å². The second-order valence-corrected chi connectivity index (χ2v) is 6.84. The van der Waals surface area contributed by atoms with E-state index in [1.807, 2.05) is 12.1 Å². The lowest BCUT2D eigenvalue weighted by Gasteiger charge is -2.19. The Bertz CT molecular complexity index is 981. The van der Waals surface area contributed by atoms with Crippen LogP contribution in [0, 0.1) is 6.92 Å². The summed E-state index contributed by atoms with van der Waals surface area (Å²) >= 11 is 0. The highest BCUT2D eigenvalue weighted by atomic mass is 16.6. The van der Waals surface area contributed by atoms with Gasteiger partial charge < -0.3 is 14.8 Å². The molecule has 2 heterocycles. The summed E-state index contributed by atoms with van der Waals surface area (Å²) in [5.41, 5.74) is 7.48. The Morgan fingerprint density at radius 1 is 0.960 bits per heavy atom. The monoisotopic (exact) mass is 333 g/mol. The van der Waals surface area contributed by atoms with E-state index < -0.39 is 0 Å². The molecule has 0 amide bonds. The lowest BCUT2D eigenvalue weighted by atomic mass is 10.0. The van der Waals surface area contributed by atoms with Gasteiger partial charge in [0.25, 0.3) is 0 Å². The third-order valence-electron chi connectivity index (χ3n) is 5.06. The molecule has 4 heteroatoms. The Kier molecular flexibility index (Phi) is 3.30. The molecule has 0 fully saturated rings. The van der Waals surface area contributed by atoms with Crippen LogP contribution in [0.3, 0.4) is 0 Å². The molecule has 0 spiro atoms. The van der Waals surface area contributed by atoms with Crippen molar-refractivity contribution in [2.24, 2.45) is 0 Å². The number of fused-ring (bicyclic) bond motifs is 3. The van der Waals surface area contributed by atoms with Crippen LogP contribution >= 0.6 is 0 Å². The summed E-state index contributed by atoms with van der Waals surface area (Å²) in [6.07, 6.45) is 3.44. The molecule has 5 rings (SSSR count). The fourth-order valence-electron chi connectivity index (χ4n) is 3.86. The molecule has 4 nitrogen and oxygen atoms in total. The highest BCUT2D eigenvalue weighted by Crippen LogP contribution is 2.37. The molecule has 0 unspecified atom stereocenters. The molecule has 2 aromatic carbocycles. The van der Waals surface area contributed by atoms with Crippen LogP contribution in [0.2, 0.25) is 0 Å². The van der Waals surface area contributed by atoms with E-state index in [2.05, 4.69) is 41.5 Å². The Hall–Kier alpha value is -2.75. The van der Waals surface area contributed by atoms with Gasteiger partial charge in [-0.25, -0.2) is 4.98 Å². The first-order valence-electron chi connectivity index (χ1n) is 8.92. The predicted molar refractivity (Wildman–Crippen MR) is 98.0 cm³/mol. The minimum atomic E-state index is 0.605. The van der Waals surface area contributed by atoms with Crippen LogP contribution in [0.25, 0.3) is 10.9 Å². The zero-order valence-electron chi connectivity index (χ0n) is 14.3. The first kappa shape index (κ1) is 14.6. The summed E-state index contributed by atoms with van der Waals surface area (Å²) in [5.74, 6) is 1.64. The van der Waals surface area contributed by atoms with Gasteiger partial charge in [0.15, 0.2) is 17.2 Å². The molecule has 1 aliphatic carbocycles. The first-order valence-corrected chi connectivity index (χ1v) is 8.92. The third kappa shape index (κ3) is 2.49. The molecule has 1 aromatic heterocycles. The number of nitrogens with one attached hydrogen (secondary N) is 2. The van der Waals surface area contributed by atoms with Gasteiger partial charge in [-0.15, -0.1) is 0 Å². The van der Waals surface area contributed by atoms with E-state index in [9.17, 15) is 0 Å². The van der Waals surface area contributed by atoms with Crippen LogP contribution in [0.15, 0.2) is 36.4 Å². The van der Waals surface area contributed by atoms with E-state index in [0.717, 1.165) is 30.0 Å². The van der Waals surface area contributed by atoms with Crippen molar-refractivity contribution in [2.45, 2.75) is 26.2 Å². The van der Waals surface area contributed by atoms with Crippen molar-refractivity contribution in [1.82, 2.24) is 0 Å². The largest absolute Gasteiger partial charge is 0.486 e. The SMILES string of the molecule is Cc1ccc2[nH+]c3c(c(Nc4ccc5c(c4)OCCO5)c2c1)CCC3. The Morgan fingerprint density at radius 3 is 2.76 bits per heavy atom.